The van der Waals surface area contributed by atoms with E-state index in [1.807, 2.05) is 90.2 Å². The summed E-state index contributed by atoms with van der Waals surface area (Å²) in [6.45, 7) is 19.7. The lowest BCUT2D eigenvalue weighted by Gasteiger charge is -2.36. The van der Waals surface area contributed by atoms with Crippen molar-refractivity contribution in [1.29, 1.82) is 5.26 Å². The van der Waals surface area contributed by atoms with Gasteiger partial charge in [0.1, 0.15) is 87.8 Å². The predicted molar refractivity (Wildman–Crippen MR) is 399 cm³/mol. The Morgan fingerprint density at radius 2 is 1.00 bits per heavy atom. The molecule has 26 nitrogen and oxygen atoms in total. The van der Waals surface area contributed by atoms with E-state index in [0.717, 1.165) is 135 Å². The number of thiophene rings is 4. The quantitative estimate of drug-likeness (QED) is 0.0620. The highest BCUT2D eigenvalue weighted by atomic mass is 35.5. The maximum atomic E-state index is 12.2. The number of pyridine rings is 5. The second-order valence-electron chi connectivity index (χ2n) is 23.9. The molecule has 12 aromatic heterocycles. The van der Waals surface area contributed by atoms with E-state index in [1.165, 1.54) is 35.4 Å². The van der Waals surface area contributed by atoms with Gasteiger partial charge in [-0.05, 0) is 121 Å². The van der Waals surface area contributed by atoms with Gasteiger partial charge in [-0.15, -0.1) is 56.9 Å². The van der Waals surface area contributed by atoms with Crippen LogP contribution in [0.15, 0.2) is 111 Å². The Balaban J connectivity index is 0.000000141. The number of nitriles is 1. The van der Waals surface area contributed by atoms with Crippen molar-refractivity contribution in [2.45, 2.75) is 72.0 Å². The number of primary amides is 2. The summed E-state index contributed by atoms with van der Waals surface area (Å²) in [6.07, 6.45) is 16.5. The van der Waals surface area contributed by atoms with Crippen LogP contribution in [-0.4, -0.2) is 171 Å². The number of hydrogen-bond donors (Lipinski definition) is 5. The first-order chi connectivity index (χ1) is 47.5. The maximum absolute atomic E-state index is 12.2. The summed E-state index contributed by atoms with van der Waals surface area (Å²) in [6, 6.07) is 20.9. The fourth-order valence-corrected chi connectivity index (χ4v) is 14.5. The standard InChI is InChI=1S/C18H21N5O2S.C13H13N5S.C10H19NO2.C9H4ClN3S.C8H7N3OS.C6H4N2S.C2H4ClNO/c1-18(2,3)25-17(24)23-9-7-22(8-10-23)15-14-13(20-11-21-15)12-5-4-6-19-16(12)26-14;1-2-9-10-11(19-13(9)15-3-1)12(17-8-16-10)18-6-4-14-5-7-18;1-10(2,3)13-9(12)11-7-5-4-6-8-11;10-8-7-6(12-4-13-8)5-2-1-3-11-9(5)14-7;9-5-4-2-1-3-11-8(4)13-6(5)7(10)12;7-4-5-2-1-3-8-6(5)9;3-1-2(4)5/h4-6,11H,7-10H2,1-3H3;1-3,8,14H,4-7H2;4-8H2,1-3H3;1-4H;1-3H,9H2,(H2,10,12);1-3H,(H,8,9);1H2,(H2,4,5). The van der Waals surface area contributed by atoms with E-state index in [0.29, 0.717) is 52.1 Å². The zero-order chi connectivity index (χ0) is 70.8. The number of ether oxygens (including phenoxy) is 2. The van der Waals surface area contributed by atoms with Gasteiger partial charge in [-0.1, -0.05) is 23.8 Å². The highest BCUT2D eigenvalue weighted by molar-refractivity contribution is 7.71. The third-order valence-electron chi connectivity index (χ3n) is 14.5. The van der Waals surface area contributed by atoms with E-state index in [-0.39, 0.29) is 23.7 Å². The molecule has 33 heteroatoms. The number of likely N-dealkylation sites (tertiary alicyclic amines) is 1. The fraction of sp³-hybridized carbons (Fsp3) is 0.333. The molecule has 15 rings (SSSR count). The Bertz CT molecular complexity index is 4880. The topological polar surface area (TPSA) is 358 Å². The van der Waals surface area contributed by atoms with Gasteiger partial charge in [0.25, 0.3) is 5.91 Å². The van der Waals surface area contributed by atoms with Crippen LogP contribution in [0, 0.1) is 16.0 Å². The number of H-pyrrole nitrogens is 1. The molecule has 3 aliphatic rings. The van der Waals surface area contributed by atoms with Gasteiger partial charge >= 0.3 is 12.2 Å². The van der Waals surface area contributed by atoms with E-state index in [1.54, 1.807) is 88.1 Å². The third-order valence-corrected chi connectivity index (χ3v) is 19.9. The highest BCUT2D eigenvalue weighted by Gasteiger charge is 2.29. The molecule has 3 aliphatic heterocycles. The number of carbonyl (C=O) groups excluding carboxylic acids is 4. The maximum Gasteiger partial charge on any atom is 0.410 e. The fourth-order valence-electron chi connectivity index (χ4n) is 9.98. The lowest BCUT2D eigenvalue weighted by molar-refractivity contribution is -0.115. The van der Waals surface area contributed by atoms with Crippen LogP contribution in [0.5, 0.6) is 0 Å². The minimum absolute atomic E-state index is 0.0833. The largest absolute Gasteiger partial charge is 0.444 e. The zero-order valence-electron chi connectivity index (χ0n) is 55.0. The van der Waals surface area contributed by atoms with Crippen LogP contribution < -0.4 is 32.3 Å². The first-order valence-corrected chi connectivity index (χ1v) is 35.7. The molecule has 4 amide bonds. The SMILES string of the molecule is CC(C)(C)OC(=O)N1CCCCC1.CC(C)(C)OC(=O)N1CCN(c2ncnc3c2sc2ncccc23)CC1.Clc1ncnc2c1sc1ncccc12.N#Cc1ccc[nH]c1=S.NC(=O)CCl.NC(=O)c1sc2ncccc2c1N.c1cnc2sc3c(N4CCNCC4)ncnc3c2c1. The average Bonchev–Trinajstić information content (AvgIpc) is 1.65. The van der Waals surface area contributed by atoms with Gasteiger partial charge in [0.05, 0.1) is 41.9 Å². The number of aromatic nitrogens is 11. The monoisotopic (exact) mass is 1470 g/mol. The summed E-state index contributed by atoms with van der Waals surface area (Å²) in [4.78, 5) is 102. The Labute approximate surface area is 600 Å². The lowest BCUT2D eigenvalue weighted by Crippen LogP contribution is -2.50. The number of amides is 4. The van der Waals surface area contributed by atoms with Crippen LogP contribution in [0.4, 0.5) is 26.9 Å². The average molecular weight is 1470 g/mol. The van der Waals surface area contributed by atoms with Gasteiger partial charge < -0.3 is 56.6 Å². The Morgan fingerprint density at radius 1 is 0.576 bits per heavy atom. The molecule has 0 unspecified atom stereocenters. The molecule has 0 spiro atoms. The van der Waals surface area contributed by atoms with E-state index >= 15 is 0 Å². The third kappa shape index (κ3) is 19.8. The molecule has 0 radical (unpaired) electrons. The summed E-state index contributed by atoms with van der Waals surface area (Å²) in [5, 5.41) is 16.3. The van der Waals surface area contributed by atoms with Crippen molar-refractivity contribution in [2.75, 3.05) is 86.9 Å². The molecule has 15 heterocycles. The van der Waals surface area contributed by atoms with Crippen LogP contribution in [0.25, 0.3) is 71.5 Å². The molecule has 0 atom stereocenters. The molecule has 8 N–H and O–H groups in total. The van der Waals surface area contributed by atoms with Crippen LogP contribution in [0.2, 0.25) is 5.15 Å². The molecular weight excluding hydrogens is 1400 g/mol. The van der Waals surface area contributed by atoms with Gasteiger partial charge in [-0.2, -0.15) is 5.26 Å². The molecule has 0 saturated carbocycles. The summed E-state index contributed by atoms with van der Waals surface area (Å²) in [5.41, 5.74) is 18.3. The number of piperazine rings is 2. The molecule has 12 aromatic rings. The normalized spacial score (nSPS) is 13.8. The number of rotatable bonds is 4. The number of nitrogen functional groups attached to an aromatic ring is 1. The molecule has 516 valence electrons. The number of halogens is 2. The van der Waals surface area contributed by atoms with E-state index < -0.39 is 17.4 Å². The number of hydrogen-bond acceptors (Lipinski definition) is 26. The number of aromatic amines is 1. The molecule has 3 fully saturated rings. The second kappa shape index (κ2) is 34.5. The van der Waals surface area contributed by atoms with E-state index in [2.05, 4.69) is 81.7 Å². The number of nitrogens with two attached hydrogens (primary N) is 3. The van der Waals surface area contributed by atoms with Gasteiger partial charge in [0.15, 0.2) is 0 Å². The van der Waals surface area contributed by atoms with E-state index in [9.17, 15) is 19.2 Å². The van der Waals surface area contributed by atoms with Crippen molar-refractivity contribution < 1.29 is 28.7 Å². The second-order valence-corrected chi connectivity index (χ2v) is 28.9. The molecule has 99 heavy (non-hydrogen) atoms. The number of anilines is 3. The number of nitrogens with zero attached hydrogens (tertiary/aromatic N) is 15. The minimum Gasteiger partial charge on any atom is -0.444 e. The predicted octanol–water partition coefficient (Wildman–Crippen LogP) is 12.5. The number of alkyl halides is 1. The first-order valence-electron chi connectivity index (χ1n) is 31.1. The van der Waals surface area contributed by atoms with Crippen LogP contribution in [0.3, 0.4) is 0 Å². The smallest absolute Gasteiger partial charge is 0.410 e. The summed E-state index contributed by atoms with van der Waals surface area (Å²) >= 11 is 21.6. The van der Waals surface area contributed by atoms with Crippen LogP contribution in [0.1, 0.15) is 76.0 Å². The highest BCUT2D eigenvalue weighted by Crippen LogP contribution is 2.39. The number of nitrogens with one attached hydrogen (secondary N) is 2. The first kappa shape index (κ1) is 74.0. The Hall–Kier alpha value is -9.26. The molecule has 0 aromatic carbocycles. The van der Waals surface area contributed by atoms with Crippen LogP contribution >= 0.6 is 80.8 Å². The minimum atomic E-state index is -0.500. The lowest BCUT2D eigenvalue weighted by atomic mass is 10.1. The van der Waals surface area contributed by atoms with Gasteiger partial charge in [-0.3, -0.25) is 9.59 Å². The van der Waals surface area contributed by atoms with Gasteiger partial charge in [-0.25, -0.2) is 59.4 Å². The van der Waals surface area contributed by atoms with Crippen molar-refractivity contribution in [3.05, 3.63) is 131 Å². The van der Waals surface area contributed by atoms with Crippen LogP contribution in [-0.2, 0) is 14.3 Å². The summed E-state index contributed by atoms with van der Waals surface area (Å²) in [7, 11) is 0. The number of piperidine rings is 1. The number of fused-ring (bicyclic) bond motifs is 10. The zero-order valence-corrected chi connectivity index (χ0v) is 60.6. The van der Waals surface area contributed by atoms with Crippen molar-refractivity contribution in [3.63, 3.8) is 0 Å². The molecular formula is C66H72Cl2N20O6S5. The van der Waals surface area contributed by atoms with Crippen molar-refractivity contribution in [1.82, 2.24) is 69.9 Å². The van der Waals surface area contributed by atoms with Gasteiger partial charge in [0.2, 0.25) is 5.91 Å². The molecule has 0 aliphatic carbocycles. The molecule has 0 bridgehead atoms. The van der Waals surface area contributed by atoms with Crippen molar-refractivity contribution in [2.24, 2.45) is 11.5 Å². The van der Waals surface area contributed by atoms with E-state index in [4.69, 9.17) is 61.6 Å². The van der Waals surface area contributed by atoms with Crippen molar-refractivity contribution in [3.8, 4) is 6.07 Å². The Kier molecular flexibility index (Phi) is 25.8. The molecule has 3 saturated heterocycles. The van der Waals surface area contributed by atoms with Gasteiger partial charge in [0, 0.05) is 118 Å². The summed E-state index contributed by atoms with van der Waals surface area (Å²) < 4.78 is 14.3. The summed E-state index contributed by atoms with van der Waals surface area (Å²) in [5.74, 6) is 0.906. The Morgan fingerprint density at radius 3 is 1.42 bits per heavy atom. The van der Waals surface area contributed by atoms with Crippen molar-refractivity contribution >= 4 is 194 Å². The number of carbonyl (C=O) groups is 4.